The largest absolute Gasteiger partial charge is 0.470 e. The van der Waals surface area contributed by atoms with Crippen molar-refractivity contribution in [3.63, 3.8) is 0 Å². The van der Waals surface area contributed by atoms with Crippen molar-refractivity contribution in [1.82, 2.24) is 0 Å². The van der Waals surface area contributed by atoms with Crippen molar-refractivity contribution in [3.8, 4) is 0 Å². The summed E-state index contributed by atoms with van der Waals surface area (Å²) in [5.41, 5.74) is 0.401. The van der Waals surface area contributed by atoms with Crippen LogP contribution in [0.25, 0.3) is 0 Å². The zero-order valence-corrected chi connectivity index (χ0v) is 9.32. The Morgan fingerprint density at radius 3 is 2.75 bits per heavy atom. The molecule has 1 aliphatic heterocycles. The van der Waals surface area contributed by atoms with Crippen molar-refractivity contribution < 1.29 is 30.5 Å². The molecule has 0 saturated carbocycles. The van der Waals surface area contributed by atoms with Crippen LogP contribution < -0.4 is 0 Å². The molecule has 0 aliphatic carbocycles. The van der Waals surface area contributed by atoms with E-state index in [1.54, 1.807) is 18.4 Å². The molecule has 3 nitrogen and oxygen atoms in total. The van der Waals surface area contributed by atoms with E-state index in [-0.39, 0.29) is 20.4 Å². The fourth-order valence-electron chi connectivity index (χ4n) is 0.707. The molecule has 12 heavy (non-hydrogen) atoms. The molecule has 1 heterocycles. The molecule has 1 aliphatic rings. The average Bonchev–Trinajstić information content (AvgIpc) is 2.13. The van der Waals surface area contributed by atoms with Crippen LogP contribution in [0.1, 0.15) is 6.92 Å². The first-order valence-corrected chi connectivity index (χ1v) is 3.31. The van der Waals surface area contributed by atoms with Crippen LogP contribution in [0.3, 0.4) is 0 Å². The molecule has 0 unspecified atom stereocenters. The summed E-state index contributed by atoms with van der Waals surface area (Å²) in [5.74, 6) is 0.983. The van der Waals surface area contributed by atoms with E-state index >= 15 is 0 Å². The predicted octanol–water partition coefficient (Wildman–Crippen LogP) is 0.115. The predicted molar refractivity (Wildman–Crippen MR) is 44.8 cm³/mol. The Kier molecular flexibility index (Phi) is 5.19. The molecule has 5 heteroatoms. The molecule has 65 valence electrons. The van der Waals surface area contributed by atoms with Crippen molar-refractivity contribution in [2.45, 2.75) is 6.92 Å². The van der Waals surface area contributed by atoms with E-state index in [0.29, 0.717) is 5.47 Å². The van der Waals surface area contributed by atoms with Crippen molar-refractivity contribution in [2.24, 2.45) is 4.99 Å². The first-order valence-electron chi connectivity index (χ1n) is 3.31. The maximum atomic E-state index is 8.74. The first-order chi connectivity index (χ1) is 5.20. The van der Waals surface area contributed by atoms with Crippen molar-refractivity contribution in [3.05, 3.63) is 29.7 Å². The third-order valence-electron chi connectivity index (χ3n) is 1.34. The van der Waals surface area contributed by atoms with Gasteiger partial charge in [0.25, 0.3) is 0 Å². The molecule has 0 fully saturated rings. The van der Waals surface area contributed by atoms with Gasteiger partial charge in [0.1, 0.15) is 0 Å². The monoisotopic (exact) mass is 337 g/mol. The molecule has 0 aromatic rings. The minimum Gasteiger partial charge on any atom is -0.424 e. The van der Waals surface area contributed by atoms with Crippen LogP contribution >= 0.6 is 0 Å². The Hall–Kier alpha value is -0.333. The summed E-state index contributed by atoms with van der Waals surface area (Å²) in [7, 11) is -1.44. The standard InChI is InChI=1S/C7H9BNO2.Re/c1-6-2-3-7(8(10)11)5-9-4-6;/h2-5,10-11H,1H3;/q-1;. The molecule has 0 aromatic carbocycles. The number of aliphatic imine (C=N–C) groups is 1. The summed E-state index contributed by atoms with van der Waals surface area (Å²) in [6, 6.07) is 0. The number of rotatable bonds is 1. The van der Waals surface area contributed by atoms with Gasteiger partial charge in [0.15, 0.2) is 0 Å². The summed E-state index contributed by atoms with van der Waals surface area (Å²) < 4.78 is 0. The van der Waals surface area contributed by atoms with Gasteiger partial charge < -0.3 is 10.0 Å². The van der Waals surface area contributed by atoms with Crippen LogP contribution in [-0.4, -0.2) is 23.4 Å². The fourth-order valence-corrected chi connectivity index (χ4v) is 0.707. The SMILES string of the molecule is C[C-]1C=CC(B(O)O)=CN=C1.[Re]. The minimum absolute atomic E-state index is 0. The van der Waals surface area contributed by atoms with Crippen LogP contribution in [0.2, 0.25) is 0 Å². The smallest absolute Gasteiger partial charge is 0.424 e. The zero-order valence-electron chi connectivity index (χ0n) is 6.61. The van der Waals surface area contributed by atoms with Crippen molar-refractivity contribution >= 4 is 13.3 Å². The third-order valence-corrected chi connectivity index (χ3v) is 1.34. The van der Waals surface area contributed by atoms with E-state index in [1.807, 2.05) is 6.92 Å². The van der Waals surface area contributed by atoms with Gasteiger partial charge in [-0.05, 0) is 0 Å². The summed E-state index contributed by atoms with van der Waals surface area (Å²) in [6.45, 7) is 1.89. The third kappa shape index (κ3) is 3.38. The molecular weight excluding hydrogens is 327 g/mol. The molecule has 0 bridgehead atoms. The Morgan fingerprint density at radius 2 is 2.17 bits per heavy atom. The average molecular weight is 336 g/mol. The van der Waals surface area contributed by atoms with E-state index in [0.717, 1.165) is 5.92 Å². The van der Waals surface area contributed by atoms with Gasteiger partial charge in [0, 0.05) is 26.6 Å². The quantitative estimate of drug-likeness (QED) is 0.528. The Bertz CT molecular complexity index is 225. The number of hydrogen-bond donors (Lipinski definition) is 2. The van der Waals surface area contributed by atoms with E-state index in [1.165, 1.54) is 6.20 Å². The molecule has 1 radical (unpaired) electrons. The van der Waals surface area contributed by atoms with Crippen LogP contribution in [0.15, 0.2) is 28.8 Å². The van der Waals surface area contributed by atoms with Gasteiger partial charge in [-0.15, -0.1) is 6.92 Å². The molecule has 1 rings (SSSR count). The second kappa shape index (κ2) is 5.34. The fraction of sp³-hybridized carbons (Fsp3) is 0.143. The molecular formula is C7H9BNO2Re-. The summed E-state index contributed by atoms with van der Waals surface area (Å²) >= 11 is 0. The van der Waals surface area contributed by atoms with Gasteiger partial charge in [-0.3, -0.25) is 4.99 Å². The van der Waals surface area contributed by atoms with E-state index in [2.05, 4.69) is 4.99 Å². The van der Waals surface area contributed by atoms with Crippen molar-refractivity contribution in [2.75, 3.05) is 0 Å². The summed E-state index contributed by atoms with van der Waals surface area (Å²) in [5, 5.41) is 17.5. The van der Waals surface area contributed by atoms with E-state index in [9.17, 15) is 0 Å². The van der Waals surface area contributed by atoms with Gasteiger partial charge in [-0.25, -0.2) is 12.2 Å². The van der Waals surface area contributed by atoms with Crippen LogP contribution in [0.4, 0.5) is 0 Å². The van der Waals surface area contributed by atoms with Crippen LogP contribution in [0.5, 0.6) is 0 Å². The first kappa shape index (κ1) is 11.7. The molecule has 0 spiro atoms. The van der Waals surface area contributed by atoms with Gasteiger partial charge in [-0.1, -0.05) is 11.7 Å². The van der Waals surface area contributed by atoms with Crippen LogP contribution in [0, 0.1) is 5.92 Å². The molecule has 2 N–H and O–H groups in total. The van der Waals surface area contributed by atoms with Gasteiger partial charge >= 0.3 is 7.12 Å². The Labute approximate surface area is 85.7 Å². The number of allylic oxidation sites excluding steroid dienone is 3. The van der Waals surface area contributed by atoms with Crippen LogP contribution in [-0.2, 0) is 20.4 Å². The molecule has 0 amide bonds. The molecule has 0 saturated heterocycles. The maximum absolute atomic E-state index is 8.74. The second-order valence-electron chi connectivity index (χ2n) is 2.36. The van der Waals surface area contributed by atoms with Gasteiger partial charge in [-0.2, -0.15) is 5.92 Å². The number of nitrogens with zero attached hydrogens (tertiary/aromatic N) is 1. The Morgan fingerprint density at radius 1 is 1.50 bits per heavy atom. The minimum atomic E-state index is -1.44. The summed E-state index contributed by atoms with van der Waals surface area (Å²) in [4.78, 5) is 3.85. The van der Waals surface area contributed by atoms with Gasteiger partial charge in [0.05, 0.1) is 0 Å². The maximum Gasteiger partial charge on any atom is 0.470 e. The van der Waals surface area contributed by atoms with Gasteiger partial charge in [0.2, 0.25) is 0 Å². The van der Waals surface area contributed by atoms with E-state index < -0.39 is 7.12 Å². The molecule has 0 aromatic heterocycles. The Balaban J connectivity index is 0.00000121. The normalized spacial score (nSPS) is 14.9. The second-order valence-corrected chi connectivity index (χ2v) is 2.36. The zero-order chi connectivity index (χ0) is 8.27. The van der Waals surface area contributed by atoms with E-state index in [4.69, 9.17) is 10.0 Å². The summed E-state index contributed by atoms with van der Waals surface area (Å²) in [6.07, 6.45) is 6.50. The number of hydrogen-bond acceptors (Lipinski definition) is 3. The van der Waals surface area contributed by atoms with Crippen molar-refractivity contribution in [1.29, 1.82) is 0 Å². The molecule has 0 atom stereocenters. The topological polar surface area (TPSA) is 52.8 Å².